The Morgan fingerprint density at radius 1 is 1.42 bits per heavy atom. The molecule has 0 bridgehead atoms. The second-order valence-corrected chi connectivity index (χ2v) is 8.01. The number of aromatic nitrogens is 1. The Morgan fingerprint density at radius 3 is 2.58 bits per heavy atom. The molecule has 0 aliphatic carbocycles. The summed E-state index contributed by atoms with van der Waals surface area (Å²) in [5.41, 5.74) is 5.37. The van der Waals surface area contributed by atoms with Crippen LogP contribution in [0.1, 0.15) is 39.9 Å². The summed E-state index contributed by atoms with van der Waals surface area (Å²) in [6, 6.07) is 1.64. The fourth-order valence-corrected chi connectivity index (χ4v) is 3.07. The SMILES string of the molecule is Cc1cc(NC(=O)C(C)SCC(=O)NC(C)(CN)CC(C)C)no1. The summed E-state index contributed by atoms with van der Waals surface area (Å²) in [7, 11) is 0. The lowest BCUT2D eigenvalue weighted by atomic mass is 9.91. The van der Waals surface area contributed by atoms with Crippen molar-refractivity contribution in [1.29, 1.82) is 0 Å². The molecule has 0 aromatic carbocycles. The van der Waals surface area contributed by atoms with E-state index in [0.29, 0.717) is 24.0 Å². The van der Waals surface area contributed by atoms with Crippen molar-refractivity contribution >= 4 is 29.4 Å². The zero-order chi connectivity index (χ0) is 18.3. The number of nitrogens with two attached hydrogens (primary N) is 1. The number of hydrogen-bond acceptors (Lipinski definition) is 6. The summed E-state index contributed by atoms with van der Waals surface area (Å²) < 4.78 is 4.89. The molecule has 0 aliphatic heterocycles. The van der Waals surface area contributed by atoms with Gasteiger partial charge in [0.25, 0.3) is 0 Å². The number of carbonyl (C=O) groups is 2. The molecule has 136 valence electrons. The first kappa shape index (κ1) is 20.5. The Morgan fingerprint density at radius 2 is 2.08 bits per heavy atom. The maximum Gasteiger partial charge on any atom is 0.238 e. The molecule has 1 aromatic rings. The Balaban J connectivity index is 2.43. The van der Waals surface area contributed by atoms with Crippen molar-refractivity contribution in [2.24, 2.45) is 11.7 Å². The molecule has 1 heterocycles. The third-order valence-electron chi connectivity index (χ3n) is 3.46. The van der Waals surface area contributed by atoms with Gasteiger partial charge in [-0.15, -0.1) is 11.8 Å². The van der Waals surface area contributed by atoms with Crippen molar-refractivity contribution in [2.75, 3.05) is 17.6 Å². The number of anilines is 1. The number of aryl methyl sites for hydroxylation is 1. The fourth-order valence-electron chi connectivity index (χ4n) is 2.39. The first-order chi connectivity index (χ1) is 11.1. The highest BCUT2D eigenvalue weighted by molar-refractivity contribution is 8.01. The van der Waals surface area contributed by atoms with E-state index in [-0.39, 0.29) is 22.8 Å². The quantitative estimate of drug-likeness (QED) is 0.623. The molecular weight excluding hydrogens is 328 g/mol. The van der Waals surface area contributed by atoms with E-state index in [4.69, 9.17) is 10.3 Å². The highest BCUT2D eigenvalue weighted by Gasteiger charge is 2.26. The van der Waals surface area contributed by atoms with E-state index in [2.05, 4.69) is 29.6 Å². The molecule has 0 fully saturated rings. The van der Waals surface area contributed by atoms with Gasteiger partial charge in [0.1, 0.15) is 5.76 Å². The second kappa shape index (κ2) is 9.08. The van der Waals surface area contributed by atoms with Crippen LogP contribution in [0.5, 0.6) is 0 Å². The molecule has 24 heavy (non-hydrogen) atoms. The molecule has 1 rings (SSSR count). The number of amides is 2. The summed E-state index contributed by atoms with van der Waals surface area (Å²) in [4.78, 5) is 24.2. The second-order valence-electron chi connectivity index (χ2n) is 6.68. The van der Waals surface area contributed by atoms with Crippen LogP contribution in [0.15, 0.2) is 10.6 Å². The normalized spacial score (nSPS) is 15.0. The molecule has 0 saturated heterocycles. The Kier molecular flexibility index (Phi) is 7.75. The van der Waals surface area contributed by atoms with E-state index >= 15 is 0 Å². The molecule has 0 saturated carbocycles. The van der Waals surface area contributed by atoms with Gasteiger partial charge in [-0.25, -0.2) is 0 Å². The minimum absolute atomic E-state index is 0.120. The number of carbonyl (C=O) groups excluding carboxylic acids is 2. The average molecular weight is 356 g/mol. The summed E-state index contributed by atoms with van der Waals surface area (Å²) >= 11 is 1.27. The zero-order valence-electron chi connectivity index (χ0n) is 15.0. The van der Waals surface area contributed by atoms with Crippen molar-refractivity contribution in [3.05, 3.63) is 11.8 Å². The minimum atomic E-state index is -0.421. The Hall–Kier alpha value is -1.54. The van der Waals surface area contributed by atoms with E-state index < -0.39 is 5.54 Å². The first-order valence-electron chi connectivity index (χ1n) is 8.02. The number of nitrogens with one attached hydrogen (secondary N) is 2. The van der Waals surface area contributed by atoms with Crippen molar-refractivity contribution in [1.82, 2.24) is 10.5 Å². The van der Waals surface area contributed by atoms with Gasteiger partial charge in [0.05, 0.1) is 11.0 Å². The van der Waals surface area contributed by atoms with Gasteiger partial charge >= 0.3 is 0 Å². The van der Waals surface area contributed by atoms with Crippen LogP contribution in [-0.4, -0.2) is 40.1 Å². The predicted octanol–water partition coefficient (Wildman–Crippen LogP) is 1.92. The van der Waals surface area contributed by atoms with Crippen LogP contribution in [0.4, 0.5) is 5.82 Å². The molecule has 2 unspecified atom stereocenters. The predicted molar refractivity (Wildman–Crippen MR) is 96.8 cm³/mol. The summed E-state index contributed by atoms with van der Waals surface area (Å²) in [5.74, 6) is 1.29. The lowest BCUT2D eigenvalue weighted by Gasteiger charge is -2.31. The lowest BCUT2D eigenvalue weighted by Crippen LogP contribution is -2.52. The molecule has 2 atom stereocenters. The van der Waals surface area contributed by atoms with Crippen LogP contribution in [0.25, 0.3) is 0 Å². The molecule has 7 nitrogen and oxygen atoms in total. The van der Waals surface area contributed by atoms with Crippen LogP contribution < -0.4 is 16.4 Å². The maximum absolute atomic E-state index is 12.1. The molecular formula is C16H28N4O3S. The standard InChI is InChI=1S/C16H28N4O3S/c1-10(2)7-16(5,9-17)19-14(21)8-24-12(4)15(22)18-13-6-11(3)23-20-13/h6,10,12H,7-9,17H2,1-5H3,(H,19,21)(H,18,20,22). The number of nitrogens with zero attached hydrogens (tertiary/aromatic N) is 1. The third-order valence-corrected chi connectivity index (χ3v) is 4.61. The number of thioether (sulfide) groups is 1. The van der Waals surface area contributed by atoms with E-state index in [1.54, 1.807) is 19.9 Å². The molecule has 0 spiro atoms. The topological polar surface area (TPSA) is 110 Å². The van der Waals surface area contributed by atoms with Crippen molar-refractivity contribution in [3.63, 3.8) is 0 Å². The van der Waals surface area contributed by atoms with Crippen molar-refractivity contribution in [3.8, 4) is 0 Å². The van der Waals surface area contributed by atoms with Gasteiger partial charge in [0.15, 0.2) is 5.82 Å². The summed E-state index contributed by atoms with van der Waals surface area (Å²) in [6.45, 7) is 9.99. The zero-order valence-corrected chi connectivity index (χ0v) is 15.8. The number of hydrogen-bond donors (Lipinski definition) is 3. The van der Waals surface area contributed by atoms with Gasteiger partial charge < -0.3 is 20.9 Å². The van der Waals surface area contributed by atoms with Gasteiger partial charge in [0, 0.05) is 18.2 Å². The summed E-state index contributed by atoms with van der Waals surface area (Å²) in [6.07, 6.45) is 0.807. The van der Waals surface area contributed by atoms with E-state index in [9.17, 15) is 9.59 Å². The van der Waals surface area contributed by atoms with Crippen molar-refractivity contribution in [2.45, 2.75) is 51.8 Å². The average Bonchev–Trinajstić information content (AvgIpc) is 2.88. The van der Waals surface area contributed by atoms with Gasteiger partial charge in [-0.2, -0.15) is 0 Å². The van der Waals surface area contributed by atoms with Crippen LogP contribution >= 0.6 is 11.8 Å². The van der Waals surface area contributed by atoms with Gasteiger partial charge in [-0.3, -0.25) is 9.59 Å². The highest BCUT2D eigenvalue weighted by atomic mass is 32.2. The van der Waals surface area contributed by atoms with E-state index in [0.717, 1.165) is 6.42 Å². The van der Waals surface area contributed by atoms with E-state index in [1.807, 2.05) is 6.92 Å². The molecule has 2 amide bonds. The van der Waals surface area contributed by atoms with Crippen LogP contribution in [-0.2, 0) is 9.59 Å². The number of rotatable bonds is 9. The van der Waals surface area contributed by atoms with Gasteiger partial charge in [0.2, 0.25) is 11.8 Å². The smallest absolute Gasteiger partial charge is 0.238 e. The van der Waals surface area contributed by atoms with E-state index in [1.165, 1.54) is 11.8 Å². The molecule has 8 heteroatoms. The van der Waals surface area contributed by atoms with Crippen LogP contribution in [0.3, 0.4) is 0 Å². The first-order valence-corrected chi connectivity index (χ1v) is 9.07. The summed E-state index contributed by atoms with van der Waals surface area (Å²) in [5, 5.41) is 8.96. The highest BCUT2D eigenvalue weighted by Crippen LogP contribution is 2.17. The lowest BCUT2D eigenvalue weighted by molar-refractivity contribution is -0.120. The fraction of sp³-hybridized carbons (Fsp3) is 0.688. The van der Waals surface area contributed by atoms with Crippen LogP contribution in [0, 0.1) is 12.8 Å². The molecule has 1 aromatic heterocycles. The molecule has 0 aliphatic rings. The third kappa shape index (κ3) is 6.92. The monoisotopic (exact) mass is 356 g/mol. The Labute approximate surface area is 147 Å². The van der Waals surface area contributed by atoms with Gasteiger partial charge in [-0.1, -0.05) is 19.0 Å². The largest absolute Gasteiger partial charge is 0.360 e. The minimum Gasteiger partial charge on any atom is -0.360 e. The molecule has 4 N–H and O–H groups in total. The molecule has 0 radical (unpaired) electrons. The van der Waals surface area contributed by atoms with Crippen LogP contribution in [0.2, 0.25) is 0 Å². The maximum atomic E-state index is 12.1. The van der Waals surface area contributed by atoms with Crippen molar-refractivity contribution < 1.29 is 14.1 Å². The van der Waals surface area contributed by atoms with Gasteiger partial charge in [-0.05, 0) is 33.1 Å². The Bertz CT molecular complexity index is 561.